The quantitative estimate of drug-likeness (QED) is 0.666. The van der Waals surface area contributed by atoms with E-state index >= 15 is 0 Å². The zero-order valence-electron chi connectivity index (χ0n) is 16.7. The van der Waals surface area contributed by atoms with Gasteiger partial charge in [0.05, 0.1) is 28.0 Å². The fourth-order valence-corrected chi connectivity index (χ4v) is 4.54. The highest BCUT2D eigenvalue weighted by Gasteiger charge is 2.60. The minimum Gasteiger partial charge on any atom is -0.370 e. The molecule has 2 heterocycles. The molecule has 0 aliphatic carbocycles. The number of hydrogen-bond donors (Lipinski definition) is 1. The Morgan fingerprint density at radius 1 is 1.10 bits per heavy atom. The van der Waals surface area contributed by atoms with Crippen LogP contribution in [0.1, 0.15) is 36.6 Å². The van der Waals surface area contributed by atoms with Gasteiger partial charge >= 0.3 is 0 Å². The lowest BCUT2D eigenvalue weighted by atomic mass is 9.90. The van der Waals surface area contributed by atoms with Gasteiger partial charge in [-0.25, -0.2) is 0 Å². The minimum absolute atomic E-state index is 0.0176. The molecule has 2 N–H and O–H groups in total. The SMILES string of the molecule is CC(c1ccccc1)N1C(=O)C2ON(CCC(N)=O)C(c3ccc(Cl)c(Cl)c3)C2C1=O. The summed E-state index contributed by atoms with van der Waals surface area (Å²) in [5.74, 6) is -2.02. The topological polar surface area (TPSA) is 92.9 Å². The number of nitrogens with zero attached hydrogens (tertiary/aromatic N) is 2. The van der Waals surface area contributed by atoms with Crippen molar-refractivity contribution in [1.29, 1.82) is 0 Å². The number of amides is 3. The molecule has 4 atom stereocenters. The second-order valence-corrected chi connectivity index (χ2v) is 8.47. The van der Waals surface area contributed by atoms with Crippen molar-refractivity contribution >= 4 is 40.9 Å². The normalized spacial score (nSPS) is 24.5. The number of halogens is 2. The smallest absolute Gasteiger partial charge is 0.261 e. The first-order chi connectivity index (χ1) is 14.8. The van der Waals surface area contributed by atoms with E-state index in [4.69, 9.17) is 33.8 Å². The molecule has 7 nitrogen and oxygen atoms in total. The predicted octanol–water partition coefficient (Wildman–Crippen LogP) is 3.27. The van der Waals surface area contributed by atoms with Gasteiger partial charge in [-0.15, -0.1) is 0 Å². The molecule has 2 saturated heterocycles. The van der Waals surface area contributed by atoms with Crippen molar-refractivity contribution < 1.29 is 19.2 Å². The van der Waals surface area contributed by atoms with Crippen LogP contribution in [-0.4, -0.2) is 40.3 Å². The molecule has 0 saturated carbocycles. The highest BCUT2D eigenvalue weighted by molar-refractivity contribution is 6.42. The Hall–Kier alpha value is -2.45. The molecule has 0 bridgehead atoms. The van der Waals surface area contributed by atoms with Crippen LogP contribution in [0.4, 0.5) is 0 Å². The Labute approximate surface area is 189 Å². The van der Waals surface area contributed by atoms with Gasteiger partial charge in [-0.05, 0) is 30.2 Å². The van der Waals surface area contributed by atoms with Crippen molar-refractivity contribution in [3.63, 3.8) is 0 Å². The van der Waals surface area contributed by atoms with Crippen molar-refractivity contribution in [3.05, 3.63) is 69.7 Å². The van der Waals surface area contributed by atoms with E-state index in [0.717, 1.165) is 5.56 Å². The predicted molar refractivity (Wildman–Crippen MR) is 115 cm³/mol. The van der Waals surface area contributed by atoms with E-state index in [0.29, 0.717) is 15.6 Å². The molecule has 162 valence electrons. The summed E-state index contributed by atoms with van der Waals surface area (Å²) in [5, 5.41) is 2.18. The van der Waals surface area contributed by atoms with Gasteiger partial charge in [0.2, 0.25) is 11.8 Å². The maximum absolute atomic E-state index is 13.5. The molecule has 4 unspecified atom stereocenters. The van der Waals surface area contributed by atoms with Gasteiger partial charge in [0.25, 0.3) is 5.91 Å². The Morgan fingerprint density at radius 2 is 1.81 bits per heavy atom. The van der Waals surface area contributed by atoms with Crippen LogP contribution in [-0.2, 0) is 19.2 Å². The van der Waals surface area contributed by atoms with Crippen LogP contribution in [0.25, 0.3) is 0 Å². The van der Waals surface area contributed by atoms with Crippen LogP contribution in [0.5, 0.6) is 0 Å². The summed E-state index contributed by atoms with van der Waals surface area (Å²) in [5.41, 5.74) is 6.81. The molecule has 9 heteroatoms. The molecule has 4 rings (SSSR count). The number of imide groups is 1. The van der Waals surface area contributed by atoms with Crippen molar-refractivity contribution in [1.82, 2.24) is 9.96 Å². The third-order valence-corrected chi connectivity index (χ3v) is 6.50. The molecule has 0 aromatic heterocycles. The van der Waals surface area contributed by atoms with Gasteiger partial charge in [-0.1, -0.05) is 59.6 Å². The van der Waals surface area contributed by atoms with Crippen molar-refractivity contribution in [3.8, 4) is 0 Å². The Balaban J connectivity index is 1.69. The highest BCUT2D eigenvalue weighted by Crippen LogP contribution is 2.47. The number of benzene rings is 2. The molecule has 2 fully saturated rings. The molecular formula is C22H21Cl2N3O4. The number of carbonyl (C=O) groups excluding carboxylic acids is 3. The minimum atomic E-state index is -0.981. The molecule has 3 amide bonds. The number of rotatable bonds is 6. The standard InChI is InChI=1S/C22H21Cl2N3O4/c1-12(13-5-3-2-4-6-13)27-21(29)18-19(14-7-8-15(23)16(24)11-14)26(10-9-17(25)28)31-20(18)22(27)30/h2-8,11-12,18-20H,9-10H2,1H3,(H2,25,28). The summed E-state index contributed by atoms with van der Waals surface area (Å²) in [6, 6.07) is 13.3. The molecule has 0 radical (unpaired) electrons. The van der Waals surface area contributed by atoms with E-state index in [-0.39, 0.29) is 18.9 Å². The zero-order valence-corrected chi connectivity index (χ0v) is 18.2. The van der Waals surface area contributed by atoms with Crippen molar-refractivity contribution in [2.75, 3.05) is 6.54 Å². The Kier molecular flexibility index (Phi) is 6.03. The van der Waals surface area contributed by atoms with Crippen molar-refractivity contribution in [2.24, 2.45) is 11.7 Å². The van der Waals surface area contributed by atoms with Gasteiger partial charge in [0.1, 0.15) is 0 Å². The van der Waals surface area contributed by atoms with Gasteiger partial charge < -0.3 is 5.73 Å². The summed E-state index contributed by atoms with van der Waals surface area (Å²) in [7, 11) is 0. The molecule has 0 spiro atoms. The summed E-state index contributed by atoms with van der Waals surface area (Å²) < 4.78 is 0. The molecule has 2 aromatic rings. The molecule has 2 aromatic carbocycles. The second kappa shape index (κ2) is 8.59. The largest absolute Gasteiger partial charge is 0.370 e. The summed E-state index contributed by atoms with van der Waals surface area (Å²) in [6.45, 7) is 1.95. The number of nitrogens with two attached hydrogens (primary N) is 1. The highest BCUT2D eigenvalue weighted by atomic mass is 35.5. The summed E-state index contributed by atoms with van der Waals surface area (Å²) in [4.78, 5) is 45.2. The van der Waals surface area contributed by atoms with E-state index in [1.165, 1.54) is 9.96 Å². The zero-order chi connectivity index (χ0) is 22.3. The average molecular weight is 462 g/mol. The lowest BCUT2D eigenvalue weighted by Gasteiger charge is -2.29. The van der Waals surface area contributed by atoms with Gasteiger partial charge in [-0.3, -0.25) is 24.1 Å². The number of primary amides is 1. The first kappa shape index (κ1) is 21.8. The average Bonchev–Trinajstić information content (AvgIpc) is 3.24. The molecule has 2 aliphatic rings. The third-order valence-electron chi connectivity index (χ3n) is 5.76. The fourth-order valence-electron chi connectivity index (χ4n) is 4.24. The van der Waals surface area contributed by atoms with Crippen LogP contribution in [0.2, 0.25) is 10.0 Å². The molecule has 31 heavy (non-hydrogen) atoms. The van der Waals surface area contributed by atoms with Crippen LogP contribution in [0.15, 0.2) is 48.5 Å². The van der Waals surface area contributed by atoms with Crippen LogP contribution >= 0.6 is 23.2 Å². The maximum Gasteiger partial charge on any atom is 0.261 e. The summed E-state index contributed by atoms with van der Waals surface area (Å²) in [6.07, 6.45) is -0.963. The molecular weight excluding hydrogens is 441 g/mol. The number of likely N-dealkylation sites (tertiary alicyclic amines) is 1. The second-order valence-electron chi connectivity index (χ2n) is 7.66. The lowest BCUT2D eigenvalue weighted by molar-refractivity contribution is -0.181. The first-order valence-electron chi connectivity index (χ1n) is 9.88. The number of hydroxylamine groups is 2. The maximum atomic E-state index is 13.5. The number of carbonyl (C=O) groups is 3. The number of hydrogen-bond acceptors (Lipinski definition) is 5. The van der Waals surface area contributed by atoms with E-state index in [9.17, 15) is 14.4 Å². The number of fused-ring (bicyclic) bond motifs is 1. The van der Waals surface area contributed by atoms with E-state index in [2.05, 4.69) is 0 Å². The van der Waals surface area contributed by atoms with Gasteiger partial charge in [0, 0.05) is 13.0 Å². The lowest BCUT2D eigenvalue weighted by Crippen LogP contribution is -2.39. The first-order valence-corrected chi connectivity index (χ1v) is 10.6. The third kappa shape index (κ3) is 3.94. The van der Waals surface area contributed by atoms with Gasteiger partial charge in [0.15, 0.2) is 6.10 Å². The van der Waals surface area contributed by atoms with Crippen molar-refractivity contribution in [2.45, 2.75) is 31.5 Å². The molecule has 2 aliphatic heterocycles. The Morgan fingerprint density at radius 3 is 2.45 bits per heavy atom. The van der Waals surface area contributed by atoms with Gasteiger partial charge in [-0.2, -0.15) is 5.06 Å². The fraction of sp³-hybridized carbons (Fsp3) is 0.318. The van der Waals surface area contributed by atoms with Crippen LogP contribution < -0.4 is 5.73 Å². The van der Waals surface area contributed by atoms with E-state index in [1.54, 1.807) is 18.2 Å². The van der Waals surface area contributed by atoms with Crippen LogP contribution in [0, 0.1) is 5.92 Å². The summed E-state index contributed by atoms with van der Waals surface area (Å²) >= 11 is 12.3. The van der Waals surface area contributed by atoms with E-state index in [1.807, 2.05) is 37.3 Å². The Bertz CT molecular complexity index is 1030. The van der Waals surface area contributed by atoms with E-state index < -0.39 is 35.9 Å². The van der Waals surface area contributed by atoms with Crippen LogP contribution in [0.3, 0.4) is 0 Å². The monoisotopic (exact) mass is 461 g/mol.